The van der Waals surface area contributed by atoms with Crippen LogP contribution < -0.4 is 0 Å². The third-order valence-corrected chi connectivity index (χ3v) is 2.53. The van der Waals surface area contributed by atoms with Crippen LogP contribution in [0.3, 0.4) is 0 Å². The molecular weight excluding hydrogens is 204 g/mol. The van der Waals surface area contributed by atoms with Crippen molar-refractivity contribution >= 4 is 5.78 Å². The van der Waals surface area contributed by atoms with E-state index in [1.807, 2.05) is 0 Å². The molecule has 0 fully saturated rings. The molecule has 1 atom stereocenters. The molecule has 0 saturated carbocycles. The SMILES string of the molecule is C=CCCC(C)C(=O)c1cccc(O)c1O. The first-order chi connectivity index (χ1) is 7.57. The summed E-state index contributed by atoms with van der Waals surface area (Å²) in [7, 11) is 0. The summed E-state index contributed by atoms with van der Waals surface area (Å²) < 4.78 is 0. The lowest BCUT2D eigenvalue weighted by Gasteiger charge is -2.10. The summed E-state index contributed by atoms with van der Waals surface area (Å²) >= 11 is 0. The van der Waals surface area contributed by atoms with Crippen molar-refractivity contribution in [3.63, 3.8) is 0 Å². The molecule has 0 heterocycles. The topological polar surface area (TPSA) is 57.5 Å². The summed E-state index contributed by atoms with van der Waals surface area (Å²) in [6.45, 7) is 5.40. The Kier molecular flexibility index (Phi) is 4.11. The van der Waals surface area contributed by atoms with E-state index in [1.165, 1.54) is 12.1 Å². The van der Waals surface area contributed by atoms with Gasteiger partial charge in [-0.3, -0.25) is 4.79 Å². The zero-order valence-electron chi connectivity index (χ0n) is 9.31. The number of rotatable bonds is 5. The van der Waals surface area contributed by atoms with E-state index in [0.29, 0.717) is 6.42 Å². The number of aromatic hydroxyl groups is 2. The molecule has 0 aliphatic heterocycles. The Morgan fingerprint density at radius 1 is 1.50 bits per heavy atom. The van der Waals surface area contributed by atoms with Crippen LogP contribution in [0, 0.1) is 5.92 Å². The molecule has 3 nitrogen and oxygen atoms in total. The Morgan fingerprint density at radius 2 is 2.19 bits per heavy atom. The van der Waals surface area contributed by atoms with Gasteiger partial charge >= 0.3 is 0 Å². The molecule has 0 spiro atoms. The maximum atomic E-state index is 11.9. The predicted octanol–water partition coefficient (Wildman–Crippen LogP) is 2.88. The molecule has 0 aliphatic carbocycles. The van der Waals surface area contributed by atoms with Gasteiger partial charge in [0.05, 0.1) is 5.56 Å². The molecule has 16 heavy (non-hydrogen) atoms. The lowest BCUT2D eigenvalue weighted by molar-refractivity contribution is 0.0921. The van der Waals surface area contributed by atoms with Crippen LogP contribution in [0.15, 0.2) is 30.9 Å². The Labute approximate surface area is 95.0 Å². The first-order valence-electron chi connectivity index (χ1n) is 5.24. The summed E-state index contributed by atoms with van der Waals surface area (Å²) in [4.78, 5) is 11.9. The Bertz CT molecular complexity index is 396. The van der Waals surface area contributed by atoms with Crippen LogP contribution in [0.5, 0.6) is 11.5 Å². The van der Waals surface area contributed by atoms with Crippen LogP contribution in [0.2, 0.25) is 0 Å². The highest BCUT2D eigenvalue weighted by atomic mass is 16.3. The predicted molar refractivity (Wildman–Crippen MR) is 62.7 cm³/mol. The van der Waals surface area contributed by atoms with E-state index in [1.54, 1.807) is 19.1 Å². The largest absolute Gasteiger partial charge is 0.504 e. The van der Waals surface area contributed by atoms with E-state index in [2.05, 4.69) is 6.58 Å². The maximum absolute atomic E-state index is 11.9. The quantitative estimate of drug-likeness (QED) is 0.455. The number of benzene rings is 1. The lowest BCUT2D eigenvalue weighted by atomic mass is 9.94. The van der Waals surface area contributed by atoms with Gasteiger partial charge in [0.25, 0.3) is 0 Å². The molecule has 0 aliphatic rings. The van der Waals surface area contributed by atoms with Gasteiger partial charge in [0.1, 0.15) is 0 Å². The fraction of sp³-hybridized carbons (Fsp3) is 0.308. The maximum Gasteiger partial charge on any atom is 0.169 e. The van der Waals surface area contributed by atoms with Crippen molar-refractivity contribution in [3.05, 3.63) is 36.4 Å². The summed E-state index contributed by atoms with van der Waals surface area (Å²) in [5.74, 6) is -0.944. The molecule has 86 valence electrons. The number of carbonyl (C=O) groups excluding carboxylic acids is 1. The Hall–Kier alpha value is -1.77. The van der Waals surface area contributed by atoms with E-state index >= 15 is 0 Å². The minimum atomic E-state index is -0.335. The molecule has 0 amide bonds. The normalized spacial score (nSPS) is 12.1. The number of Topliss-reactive ketones (excluding diaryl/α,β-unsaturated/α-hetero) is 1. The van der Waals surface area contributed by atoms with Crippen LogP contribution in [0.1, 0.15) is 30.1 Å². The van der Waals surface area contributed by atoms with Crippen LogP contribution in [-0.2, 0) is 0 Å². The van der Waals surface area contributed by atoms with E-state index in [4.69, 9.17) is 0 Å². The molecule has 1 unspecified atom stereocenters. The zero-order valence-corrected chi connectivity index (χ0v) is 9.31. The summed E-state index contributed by atoms with van der Waals surface area (Å²) in [5.41, 5.74) is 0.177. The van der Waals surface area contributed by atoms with E-state index in [9.17, 15) is 15.0 Å². The summed E-state index contributed by atoms with van der Waals surface area (Å²) in [6.07, 6.45) is 3.20. The number of para-hydroxylation sites is 1. The number of phenols is 2. The monoisotopic (exact) mass is 220 g/mol. The molecule has 3 heteroatoms. The van der Waals surface area contributed by atoms with E-state index < -0.39 is 0 Å². The number of hydrogen-bond donors (Lipinski definition) is 2. The molecule has 1 aromatic rings. The highest BCUT2D eigenvalue weighted by Gasteiger charge is 2.19. The van der Waals surface area contributed by atoms with Gasteiger partial charge < -0.3 is 10.2 Å². The average Bonchev–Trinajstić information content (AvgIpc) is 2.28. The molecule has 2 N–H and O–H groups in total. The first kappa shape index (κ1) is 12.3. The summed E-state index contributed by atoms with van der Waals surface area (Å²) in [6, 6.07) is 4.41. The van der Waals surface area contributed by atoms with Gasteiger partial charge in [0.2, 0.25) is 0 Å². The van der Waals surface area contributed by atoms with Gasteiger partial charge in [0, 0.05) is 5.92 Å². The standard InChI is InChI=1S/C13H16O3/c1-3-4-6-9(2)12(15)10-7-5-8-11(14)13(10)16/h3,5,7-9,14,16H,1,4,6H2,2H3. The fourth-order valence-corrected chi connectivity index (χ4v) is 1.49. The van der Waals surface area contributed by atoms with Gasteiger partial charge in [-0.05, 0) is 25.0 Å². The number of phenolic OH excluding ortho intramolecular Hbond substituents is 2. The van der Waals surface area contributed by atoms with Gasteiger partial charge in [-0.15, -0.1) is 6.58 Å². The lowest BCUT2D eigenvalue weighted by Crippen LogP contribution is -2.11. The molecule has 1 rings (SSSR count). The second-order valence-electron chi connectivity index (χ2n) is 3.80. The Morgan fingerprint density at radius 3 is 2.81 bits per heavy atom. The third-order valence-electron chi connectivity index (χ3n) is 2.53. The third kappa shape index (κ3) is 2.63. The number of carbonyl (C=O) groups is 1. The number of ketones is 1. The highest BCUT2D eigenvalue weighted by molar-refractivity contribution is 6.00. The smallest absolute Gasteiger partial charge is 0.169 e. The number of hydrogen-bond acceptors (Lipinski definition) is 3. The molecule has 1 aromatic carbocycles. The second kappa shape index (κ2) is 5.35. The first-order valence-corrected chi connectivity index (χ1v) is 5.24. The van der Waals surface area contributed by atoms with Crippen LogP contribution in [-0.4, -0.2) is 16.0 Å². The van der Waals surface area contributed by atoms with Crippen LogP contribution in [0.4, 0.5) is 0 Å². The van der Waals surface area contributed by atoms with Gasteiger partial charge in [-0.2, -0.15) is 0 Å². The van der Waals surface area contributed by atoms with Crippen molar-refractivity contribution in [2.24, 2.45) is 5.92 Å². The van der Waals surface area contributed by atoms with Gasteiger partial charge in [-0.25, -0.2) is 0 Å². The zero-order chi connectivity index (χ0) is 12.1. The van der Waals surface area contributed by atoms with Crippen molar-refractivity contribution in [3.8, 4) is 11.5 Å². The second-order valence-corrected chi connectivity index (χ2v) is 3.80. The van der Waals surface area contributed by atoms with Gasteiger partial charge in [0.15, 0.2) is 17.3 Å². The fourth-order valence-electron chi connectivity index (χ4n) is 1.49. The van der Waals surface area contributed by atoms with Crippen molar-refractivity contribution in [1.82, 2.24) is 0 Å². The van der Waals surface area contributed by atoms with Gasteiger partial charge in [-0.1, -0.05) is 19.1 Å². The van der Waals surface area contributed by atoms with Crippen molar-refractivity contribution in [2.75, 3.05) is 0 Å². The van der Waals surface area contributed by atoms with E-state index in [0.717, 1.165) is 6.42 Å². The average molecular weight is 220 g/mol. The molecule has 0 saturated heterocycles. The summed E-state index contributed by atoms with van der Waals surface area (Å²) in [5, 5.41) is 18.8. The Balaban J connectivity index is 2.87. The highest BCUT2D eigenvalue weighted by Crippen LogP contribution is 2.30. The molecule has 0 radical (unpaired) electrons. The van der Waals surface area contributed by atoms with Crippen molar-refractivity contribution < 1.29 is 15.0 Å². The van der Waals surface area contributed by atoms with Crippen molar-refractivity contribution in [2.45, 2.75) is 19.8 Å². The van der Waals surface area contributed by atoms with Crippen LogP contribution in [0.25, 0.3) is 0 Å². The molecule has 0 bridgehead atoms. The van der Waals surface area contributed by atoms with E-state index in [-0.39, 0.29) is 28.8 Å². The molecular formula is C13H16O3. The van der Waals surface area contributed by atoms with Crippen LogP contribution >= 0.6 is 0 Å². The minimum absolute atomic E-state index is 0.157. The minimum Gasteiger partial charge on any atom is -0.504 e. The van der Waals surface area contributed by atoms with Crippen molar-refractivity contribution in [1.29, 1.82) is 0 Å². The number of allylic oxidation sites excluding steroid dienone is 1. The molecule has 0 aromatic heterocycles.